The number of phenols is 6. The summed E-state index contributed by atoms with van der Waals surface area (Å²) in [5, 5.41) is 90.2. The van der Waals surface area contributed by atoms with Gasteiger partial charge >= 0.3 is 5.97 Å². The zero-order valence-electron chi connectivity index (χ0n) is 26.4. The van der Waals surface area contributed by atoms with Crippen molar-refractivity contribution in [2.75, 3.05) is 5.32 Å². The molecular formula is C34H23N5O13S. The van der Waals surface area contributed by atoms with Gasteiger partial charge in [-0.2, -0.15) is 8.42 Å². The Bertz CT molecular complexity index is 2680. The standard InChI is InChI=1S/C34H23N5O13S/c40-14-52-29-11-24(27(43)13-28(29)44)37-36-22-6-1-15-7-17(2-4-19(15)32(22)45)35-18-3-5-20-16(8-18)9-30(53(49,50)51)31(33(20)46)39-38-23-10-21(34(47)48)25(41)12-26(23)42/h1-14,35,41-46H,(H,47,48)(H,49,50,51). The van der Waals surface area contributed by atoms with E-state index in [1.807, 2.05) is 0 Å². The summed E-state index contributed by atoms with van der Waals surface area (Å²) < 4.78 is 39.3. The molecule has 0 unspecified atom stereocenters. The number of aromatic carboxylic acids is 1. The van der Waals surface area contributed by atoms with Crippen LogP contribution in [0.3, 0.4) is 0 Å². The highest BCUT2D eigenvalue weighted by Gasteiger charge is 2.23. The minimum Gasteiger partial charge on any atom is -0.507 e. The van der Waals surface area contributed by atoms with Crippen molar-refractivity contribution in [2.24, 2.45) is 20.5 Å². The highest BCUT2D eigenvalue weighted by molar-refractivity contribution is 7.86. The summed E-state index contributed by atoms with van der Waals surface area (Å²) in [7, 11) is -5.03. The smallest absolute Gasteiger partial charge is 0.339 e. The molecule has 0 heterocycles. The maximum atomic E-state index is 12.3. The van der Waals surface area contributed by atoms with Gasteiger partial charge in [0.1, 0.15) is 50.5 Å². The van der Waals surface area contributed by atoms with E-state index in [1.165, 1.54) is 24.3 Å². The zero-order valence-corrected chi connectivity index (χ0v) is 27.2. The molecule has 0 spiro atoms. The van der Waals surface area contributed by atoms with Crippen LogP contribution in [-0.4, -0.2) is 61.2 Å². The van der Waals surface area contributed by atoms with E-state index in [0.29, 0.717) is 28.2 Å². The first-order valence-corrected chi connectivity index (χ1v) is 16.2. The number of ether oxygens (including phenoxy) is 1. The van der Waals surface area contributed by atoms with Crippen LogP contribution in [0.15, 0.2) is 104 Å². The normalized spacial score (nSPS) is 11.8. The average molecular weight is 742 g/mol. The van der Waals surface area contributed by atoms with E-state index in [2.05, 4.69) is 30.5 Å². The Hall–Kier alpha value is -7.51. The number of carboxylic acid groups (broad SMARTS) is 1. The Balaban J connectivity index is 1.30. The molecule has 9 N–H and O–H groups in total. The number of benzene rings is 6. The van der Waals surface area contributed by atoms with Gasteiger partial charge in [-0.3, -0.25) is 9.35 Å². The van der Waals surface area contributed by atoms with Crippen molar-refractivity contribution < 1.29 is 63.0 Å². The summed E-state index contributed by atoms with van der Waals surface area (Å²) in [6.45, 7) is 0.0819. The van der Waals surface area contributed by atoms with Gasteiger partial charge in [0.05, 0.1) is 0 Å². The molecule has 0 saturated carbocycles. The number of carbonyl (C=O) groups is 2. The molecule has 268 valence electrons. The Morgan fingerprint density at radius 2 is 1.23 bits per heavy atom. The molecule has 0 radical (unpaired) electrons. The number of carbonyl (C=O) groups excluding carboxylic acids is 1. The molecule has 53 heavy (non-hydrogen) atoms. The molecule has 0 aliphatic heterocycles. The van der Waals surface area contributed by atoms with E-state index < -0.39 is 66.7 Å². The number of rotatable bonds is 10. The highest BCUT2D eigenvalue weighted by atomic mass is 32.2. The Morgan fingerprint density at radius 3 is 1.87 bits per heavy atom. The molecular weight excluding hydrogens is 718 g/mol. The van der Waals surface area contributed by atoms with Gasteiger partial charge in [-0.1, -0.05) is 6.07 Å². The summed E-state index contributed by atoms with van der Waals surface area (Å²) in [6, 6.07) is 16.8. The minimum absolute atomic E-state index is 0.0244. The number of nitrogens with one attached hydrogen (secondary N) is 1. The van der Waals surface area contributed by atoms with Crippen molar-refractivity contribution in [1.29, 1.82) is 0 Å². The van der Waals surface area contributed by atoms with E-state index >= 15 is 0 Å². The van der Waals surface area contributed by atoms with E-state index in [-0.39, 0.29) is 40.1 Å². The molecule has 0 aromatic heterocycles. The summed E-state index contributed by atoms with van der Waals surface area (Å²) >= 11 is 0. The molecule has 19 heteroatoms. The zero-order chi connectivity index (χ0) is 38.2. The third-order valence-electron chi connectivity index (χ3n) is 7.67. The van der Waals surface area contributed by atoms with Crippen LogP contribution in [0.5, 0.6) is 40.2 Å². The van der Waals surface area contributed by atoms with Crippen molar-refractivity contribution in [3.63, 3.8) is 0 Å². The van der Waals surface area contributed by atoms with Gasteiger partial charge in [0, 0.05) is 40.3 Å². The average Bonchev–Trinajstić information content (AvgIpc) is 3.09. The number of anilines is 2. The first kappa shape index (κ1) is 35.3. The monoisotopic (exact) mass is 741 g/mol. The van der Waals surface area contributed by atoms with Crippen molar-refractivity contribution in [2.45, 2.75) is 4.90 Å². The van der Waals surface area contributed by atoms with Gasteiger partial charge in [0.15, 0.2) is 23.0 Å². The summed E-state index contributed by atoms with van der Waals surface area (Å²) in [6.07, 6.45) is 0. The second-order valence-electron chi connectivity index (χ2n) is 11.1. The number of aromatic hydroxyl groups is 6. The van der Waals surface area contributed by atoms with Crippen molar-refractivity contribution in [1.82, 2.24) is 0 Å². The van der Waals surface area contributed by atoms with Crippen LogP contribution in [0.4, 0.5) is 34.1 Å². The SMILES string of the molecule is O=COc1cc(N=Nc2ccc3cc(Nc4ccc5c(O)c(N=Nc6cc(C(=O)O)c(O)cc6O)c(S(=O)(=O)O)cc5c4)ccc3c2O)c(O)cc1O. The van der Waals surface area contributed by atoms with Gasteiger partial charge in [-0.05, 0) is 65.4 Å². The third kappa shape index (κ3) is 7.08. The third-order valence-corrected chi connectivity index (χ3v) is 8.53. The molecule has 0 bridgehead atoms. The second kappa shape index (κ2) is 13.7. The Morgan fingerprint density at radius 1 is 0.642 bits per heavy atom. The Labute approximate surface area is 296 Å². The van der Waals surface area contributed by atoms with E-state index in [4.69, 9.17) is 0 Å². The number of carboxylic acids is 1. The van der Waals surface area contributed by atoms with Gasteiger partial charge in [-0.25, -0.2) is 4.79 Å². The van der Waals surface area contributed by atoms with Gasteiger partial charge < -0.3 is 45.8 Å². The number of azo groups is 2. The molecule has 0 aliphatic carbocycles. The second-order valence-corrected chi connectivity index (χ2v) is 12.5. The van der Waals surface area contributed by atoms with E-state index in [1.54, 1.807) is 24.3 Å². The van der Waals surface area contributed by atoms with Crippen LogP contribution in [0.25, 0.3) is 21.5 Å². The fourth-order valence-corrected chi connectivity index (χ4v) is 5.81. The molecule has 6 rings (SSSR count). The molecule has 18 nitrogen and oxygen atoms in total. The van der Waals surface area contributed by atoms with E-state index in [9.17, 15) is 58.3 Å². The van der Waals surface area contributed by atoms with Crippen molar-refractivity contribution in [3.8, 4) is 40.2 Å². The molecule has 6 aromatic carbocycles. The first-order chi connectivity index (χ1) is 25.1. The fraction of sp³-hybridized carbons (Fsp3) is 0. The number of hydrogen-bond donors (Lipinski definition) is 9. The lowest BCUT2D eigenvalue weighted by Gasteiger charge is -2.12. The summed E-state index contributed by atoms with van der Waals surface area (Å²) in [5.41, 5.74) is -1.05. The molecule has 0 saturated heterocycles. The van der Waals surface area contributed by atoms with Crippen LogP contribution < -0.4 is 10.1 Å². The number of hydrogen-bond acceptors (Lipinski definition) is 16. The molecule has 0 atom stereocenters. The topological polar surface area (TPSA) is 301 Å². The lowest BCUT2D eigenvalue weighted by Crippen LogP contribution is -1.99. The van der Waals surface area contributed by atoms with Crippen LogP contribution >= 0.6 is 0 Å². The van der Waals surface area contributed by atoms with Crippen LogP contribution in [-0.2, 0) is 14.9 Å². The summed E-state index contributed by atoms with van der Waals surface area (Å²) in [4.78, 5) is 21.2. The largest absolute Gasteiger partial charge is 0.507 e. The molecule has 6 aromatic rings. The number of phenolic OH excluding ortho intramolecular Hbond substituents is 5. The van der Waals surface area contributed by atoms with E-state index in [0.717, 1.165) is 24.3 Å². The predicted molar refractivity (Wildman–Crippen MR) is 186 cm³/mol. The minimum atomic E-state index is -5.03. The van der Waals surface area contributed by atoms with Crippen LogP contribution in [0, 0.1) is 0 Å². The highest BCUT2D eigenvalue weighted by Crippen LogP contribution is 2.44. The van der Waals surface area contributed by atoms with Crippen molar-refractivity contribution >= 4 is 78.2 Å². The lowest BCUT2D eigenvalue weighted by atomic mass is 10.1. The lowest BCUT2D eigenvalue weighted by molar-refractivity contribution is -0.120. The van der Waals surface area contributed by atoms with Gasteiger partial charge in [0.25, 0.3) is 16.6 Å². The van der Waals surface area contributed by atoms with Gasteiger partial charge in [0.2, 0.25) is 0 Å². The van der Waals surface area contributed by atoms with Crippen LogP contribution in [0.1, 0.15) is 10.4 Å². The summed E-state index contributed by atoms with van der Waals surface area (Å²) in [5.74, 6) is -5.23. The number of nitrogens with zero attached hydrogens (tertiary/aromatic N) is 4. The quantitative estimate of drug-likeness (QED) is 0.0379. The fourth-order valence-electron chi connectivity index (χ4n) is 5.15. The van der Waals surface area contributed by atoms with Crippen LogP contribution in [0.2, 0.25) is 0 Å². The predicted octanol–water partition coefficient (Wildman–Crippen LogP) is 7.28. The maximum absolute atomic E-state index is 12.3. The number of fused-ring (bicyclic) bond motifs is 2. The maximum Gasteiger partial charge on any atom is 0.339 e. The first-order valence-electron chi connectivity index (χ1n) is 14.7. The van der Waals surface area contributed by atoms with Crippen molar-refractivity contribution in [3.05, 3.63) is 84.4 Å². The van der Waals surface area contributed by atoms with Gasteiger partial charge in [-0.15, -0.1) is 20.5 Å². The Kier molecular flexibility index (Phi) is 9.10. The molecule has 0 amide bonds. The molecule has 0 aliphatic rings. The molecule has 0 fully saturated rings.